The standard InChI is InChI=1S/C20H36P2/c1-5-7-9-13-17-21(3)19-15-11-12-16-20(19)22(4)18-14-10-8-6-2/h11-12,15-16H,5-10,13-14,17-18H2,1-4H3/t21-,22-/m1/s1. The lowest BCUT2D eigenvalue weighted by Crippen LogP contribution is -2.22. The van der Waals surface area contributed by atoms with E-state index in [-0.39, 0.29) is 15.8 Å². The molecule has 0 amide bonds. The predicted octanol–water partition coefficient (Wildman–Crippen LogP) is 6.32. The van der Waals surface area contributed by atoms with Crippen LogP contribution in [-0.4, -0.2) is 25.7 Å². The summed E-state index contributed by atoms with van der Waals surface area (Å²) < 4.78 is 0. The van der Waals surface area contributed by atoms with Crippen molar-refractivity contribution in [2.24, 2.45) is 0 Å². The van der Waals surface area contributed by atoms with Gasteiger partial charge in [-0.1, -0.05) is 92.5 Å². The molecule has 0 radical (unpaired) electrons. The van der Waals surface area contributed by atoms with Crippen molar-refractivity contribution in [3.63, 3.8) is 0 Å². The lowest BCUT2D eigenvalue weighted by Gasteiger charge is -2.21. The van der Waals surface area contributed by atoms with E-state index in [1.165, 1.54) is 63.7 Å². The van der Waals surface area contributed by atoms with Gasteiger partial charge < -0.3 is 0 Å². The Kier molecular flexibility index (Phi) is 11.4. The van der Waals surface area contributed by atoms with Crippen LogP contribution in [0.1, 0.15) is 65.2 Å². The molecule has 0 N–H and O–H groups in total. The largest absolute Gasteiger partial charge is 0.0778 e. The third-order valence-corrected chi connectivity index (χ3v) is 8.97. The van der Waals surface area contributed by atoms with E-state index in [1.54, 1.807) is 10.6 Å². The first-order valence-corrected chi connectivity index (χ1v) is 13.2. The fraction of sp³-hybridized carbons (Fsp3) is 0.700. The first-order chi connectivity index (χ1) is 10.7. The minimum absolute atomic E-state index is 0.0490. The summed E-state index contributed by atoms with van der Waals surface area (Å²) >= 11 is 0. The van der Waals surface area contributed by atoms with Crippen LogP contribution >= 0.6 is 15.8 Å². The summed E-state index contributed by atoms with van der Waals surface area (Å²) in [7, 11) is 0.0980. The van der Waals surface area contributed by atoms with Crippen LogP contribution in [0.5, 0.6) is 0 Å². The minimum atomic E-state index is 0.0490. The molecule has 0 saturated carbocycles. The molecule has 0 nitrogen and oxygen atoms in total. The van der Waals surface area contributed by atoms with E-state index >= 15 is 0 Å². The Balaban J connectivity index is 2.56. The van der Waals surface area contributed by atoms with Crippen molar-refractivity contribution in [3.8, 4) is 0 Å². The van der Waals surface area contributed by atoms with Gasteiger partial charge in [0.25, 0.3) is 0 Å². The molecule has 0 saturated heterocycles. The van der Waals surface area contributed by atoms with Crippen LogP contribution in [0.2, 0.25) is 0 Å². The zero-order valence-electron chi connectivity index (χ0n) is 15.3. The van der Waals surface area contributed by atoms with E-state index in [0.29, 0.717) is 0 Å². The van der Waals surface area contributed by atoms with Crippen LogP contribution in [0.4, 0.5) is 0 Å². The van der Waals surface area contributed by atoms with Gasteiger partial charge in [-0.25, -0.2) is 0 Å². The second kappa shape index (κ2) is 12.5. The molecule has 22 heavy (non-hydrogen) atoms. The van der Waals surface area contributed by atoms with Crippen molar-refractivity contribution in [2.45, 2.75) is 65.2 Å². The van der Waals surface area contributed by atoms with Crippen molar-refractivity contribution >= 4 is 26.5 Å². The minimum Gasteiger partial charge on any atom is -0.0778 e. The smallest absolute Gasteiger partial charge is 0.0167 e. The summed E-state index contributed by atoms with van der Waals surface area (Å²) in [5.74, 6) is 0. The summed E-state index contributed by atoms with van der Waals surface area (Å²) in [6.07, 6.45) is 14.0. The molecule has 0 aromatic heterocycles. The van der Waals surface area contributed by atoms with Gasteiger partial charge in [-0.2, -0.15) is 0 Å². The summed E-state index contributed by atoms with van der Waals surface area (Å²) in [5.41, 5.74) is 0. The van der Waals surface area contributed by atoms with Gasteiger partial charge in [-0.05, 0) is 49.1 Å². The highest BCUT2D eigenvalue weighted by Gasteiger charge is 2.14. The Labute approximate surface area is 142 Å². The maximum absolute atomic E-state index is 2.50. The molecule has 126 valence electrons. The molecule has 0 fully saturated rings. The molecule has 1 aromatic rings. The molecule has 1 aromatic carbocycles. The monoisotopic (exact) mass is 338 g/mol. The Morgan fingerprint density at radius 2 is 1.05 bits per heavy atom. The van der Waals surface area contributed by atoms with Gasteiger partial charge in [-0.15, -0.1) is 0 Å². The summed E-state index contributed by atoms with van der Waals surface area (Å²) in [6.45, 7) is 9.60. The molecule has 0 aliphatic carbocycles. The van der Waals surface area contributed by atoms with Crippen LogP contribution < -0.4 is 10.6 Å². The van der Waals surface area contributed by atoms with Gasteiger partial charge in [-0.3, -0.25) is 0 Å². The van der Waals surface area contributed by atoms with Crippen LogP contribution in [-0.2, 0) is 0 Å². The molecule has 1 rings (SSSR count). The molecular formula is C20H36P2. The van der Waals surface area contributed by atoms with E-state index in [0.717, 1.165) is 0 Å². The molecule has 0 aliphatic heterocycles. The van der Waals surface area contributed by atoms with Crippen LogP contribution in [0, 0.1) is 0 Å². The number of hydrogen-bond acceptors (Lipinski definition) is 0. The van der Waals surface area contributed by atoms with Crippen molar-refractivity contribution in [1.29, 1.82) is 0 Å². The third kappa shape index (κ3) is 7.57. The number of benzene rings is 1. The lowest BCUT2D eigenvalue weighted by atomic mass is 10.2. The number of rotatable bonds is 12. The molecule has 2 atom stereocenters. The highest BCUT2D eigenvalue weighted by Crippen LogP contribution is 2.37. The molecule has 0 bridgehead atoms. The average molecular weight is 338 g/mol. The van der Waals surface area contributed by atoms with Crippen LogP contribution in [0.25, 0.3) is 0 Å². The number of hydrogen-bond donors (Lipinski definition) is 0. The molecule has 0 spiro atoms. The van der Waals surface area contributed by atoms with Gasteiger partial charge >= 0.3 is 0 Å². The Morgan fingerprint density at radius 1 is 0.636 bits per heavy atom. The summed E-state index contributed by atoms with van der Waals surface area (Å²) in [4.78, 5) is 0. The van der Waals surface area contributed by atoms with Crippen LogP contribution in [0.3, 0.4) is 0 Å². The molecule has 0 aliphatic rings. The number of unbranched alkanes of at least 4 members (excludes halogenated alkanes) is 6. The topological polar surface area (TPSA) is 0 Å². The van der Waals surface area contributed by atoms with Gasteiger partial charge in [0.15, 0.2) is 0 Å². The highest BCUT2D eigenvalue weighted by molar-refractivity contribution is 7.71. The van der Waals surface area contributed by atoms with Crippen molar-refractivity contribution in [3.05, 3.63) is 24.3 Å². The summed E-state index contributed by atoms with van der Waals surface area (Å²) in [6, 6.07) is 9.35. The Morgan fingerprint density at radius 3 is 1.41 bits per heavy atom. The maximum atomic E-state index is 2.50. The molecular weight excluding hydrogens is 302 g/mol. The van der Waals surface area contributed by atoms with Crippen molar-refractivity contribution < 1.29 is 0 Å². The maximum Gasteiger partial charge on any atom is -0.0167 e. The van der Waals surface area contributed by atoms with E-state index in [4.69, 9.17) is 0 Å². The van der Waals surface area contributed by atoms with Gasteiger partial charge in [0.05, 0.1) is 0 Å². The van der Waals surface area contributed by atoms with Gasteiger partial charge in [0, 0.05) is 0 Å². The first kappa shape index (κ1) is 20.1. The normalized spacial score (nSPS) is 14.0. The molecule has 0 unspecified atom stereocenters. The fourth-order valence-electron chi connectivity index (χ4n) is 2.90. The quantitative estimate of drug-likeness (QED) is 0.309. The van der Waals surface area contributed by atoms with E-state index in [1.807, 2.05) is 0 Å². The van der Waals surface area contributed by atoms with Gasteiger partial charge in [0.1, 0.15) is 0 Å². The highest BCUT2D eigenvalue weighted by atomic mass is 31.1. The third-order valence-electron chi connectivity index (χ3n) is 4.40. The van der Waals surface area contributed by atoms with Crippen LogP contribution in [0.15, 0.2) is 24.3 Å². The molecule has 0 heterocycles. The lowest BCUT2D eigenvalue weighted by molar-refractivity contribution is 0.705. The Hall–Kier alpha value is 0.0800. The van der Waals surface area contributed by atoms with E-state index in [2.05, 4.69) is 51.4 Å². The van der Waals surface area contributed by atoms with Crippen molar-refractivity contribution in [2.75, 3.05) is 25.7 Å². The second-order valence-corrected chi connectivity index (χ2v) is 11.1. The van der Waals surface area contributed by atoms with Crippen molar-refractivity contribution in [1.82, 2.24) is 0 Å². The Bertz CT molecular complexity index is 352. The fourth-order valence-corrected chi connectivity index (χ4v) is 7.42. The average Bonchev–Trinajstić information content (AvgIpc) is 2.55. The zero-order valence-corrected chi connectivity index (χ0v) is 17.1. The SMILES string of the molecule is CCCCCC[P@@](C)c1ccccc1[P@](C)CCCCCC. The first-order valence-electron chi connectivity index (χ1n) is 9.22. The van der Waals surface area contributed by atoms with Gasteiger partial charge in [0.2, 0.25) is 0 Å². The van der Waals surface area contributed by atoms with E-state index in [9.17, 15) is 0 Å². The molecule has 2 heteroatoms. The second-order valence-electron chi connectivity index (χ2n) is 6.45. The zero-order chi connectivity index (χ0) is 16.2. The van der Waals surface area contributed by atoms with E-state index < -0.39 is 0 Å². The summed E-state index contributed by atoms with van der Waals surface area (Å²) in [5, 5.41) is 3.41. The predicted molar refractivity (Wildman–Crippen MR) is 109 cm³/mol.